The van der Waals surface area contributed by atoms with Crippen LogP contribution in [0.2, 0.25) is 0 Å². The monoisotopic (exact) mass is 653 g/mol. The highest BCUT2D eigenvalue weighted by Gasteiger charge is 2.51. The van der Waals surface area contributed by atoms with Gasteiger partial charge < -0.3 is 10.8 Å². The van der Waals surface area contributed by atoms with Gasteiger partial charge in [0.25, 0.3) is 21.5 Å². The molecule has 240 valence electrons. The maximum atomic E-state index is 14.7. The normalized spacial score (nSPS) is 20.1. The van der Waals surface area contributed by atoms with Crippen LogP contribution in [0.25, 0.3) is 21.9 Å². The Kier molecular flexibility index (Phi) is 7.80. The van der Waals surface area contributed by atoms with Crippen molar-refractivity contribution in [2.75, 3.05) is 0 Å². The van der Waals surface area contributed by atoms with E-state index in [2.05, 4.69) is 0 Å². The van der Waals surface area contributed by atoms with E-state index in [0.717, 1.165) is 27.9 Å². The summed E-state index contributed by atoms with van der Waals surface area (Å²) in [5, 5.41) is 11.1. The minimum absolute atomic E-state index is 0.201. The Morgan fingerprint density at radius 1 is 1.00 bits per heavy atom. The fraction of sp³-hybridized carbons (Fsp3) is 0.303. The Bertz CT molecular complexity index is 2060. The second-order valence-electron chi connectivity index (χ2n) is 11.8. The Morgan fingerprint density at radius 2 is 1.65 bits per heavy atom. The third-order valence-corrected chi connectivity index (χ3v) is 11.1. The van der Waals surface area contributed by atoms with E-state index in [9.17, 15) is 41.1 Å². The number of carbonyl (C=O) groups excluding carboxylic acids is 1. The third kappa shape index (κ3) is 5.07. The van der Waals surface area contributed by atoms with Crippen LogP contribution < -0.4 is 11.3 Å². The minimum atomic E-state index is -4.82. The number of hydrogen-bond acceptors (Lipinski definition) is 5. The van der Waals surface area contributed by atoms with E-state index >= 15 is 0 Å². The number of aromatic nitrogens is 1. The molecule has 1 aliphatic heterocycles. The smallest absolute Gasteiger partial charge is 0.416 e. The van der Waals surface area contributed by atoms with Gasteiger partial charge in [-0.3, -0.25) is 14.2 Å². The molecule has 9 nitrogen and oxygen atoms in total. The van der Waals surface area contributed by atoms with Gasteiger partial charge in [-0.15, -0.1) is 0 Å². The third-order valence-electron chi connectivity index (χ3n) is 9.04. The fourth-order valence-electron chi connectivity index (χ4n) is 7.12. The summed E-state index contributed by atoms with van der Waals surface area (Å²) in [5.41, 5.74) is 2.47. The molecule has 0 radical (unpaired) electrons. The molecule has 0 spiro atoms. The van der Waals surface area contributed by atoms with Crippen LogP contribution in [-0.2, 0) is 27.4 Å². The van der Waals surface area contributed by atoms with Gasteiger partial charge >= 0.3 is 12.1 Å². The van der Waals surface area contributed by atoms with Gasteiger partial charge in [0.15, 0.2) is 11.1 Å². The van der Waals surface area contributed by atoms with Crippen LogP contribution in [0.4, 0.5) is 13.2 Å². The average Bonchev–Trinajstić information content (AvgIpc) is 3.51. The maximum Gasteiger partial charge on any atom is 0.416 e. The summed E-state index contributed by atoms with van der Waals surface area (Å²) < 4.78 is 73.2. The number of carbonyl (C=O) groups is 2. The predicted molar refractivity (Wildman–Crippen MR) is 164 cm³/mol. The molecule has 1 saturated carbocycles. The van der Waals surface area contributed by atoms with E-state index in [-0.39, 0.29) is 23.1 Å². The highest BCUT2D eigenvalue weighted by atomic mass is 32.2. The van der Waals surface area contributed by atoms with Gasteiger partial charge in [-0.05, 0) is 65.8 Å². The van der Waals surface area contributed by atoms with Crippen LogP contribution >= 0.6 is 0 Å². The molecule has 2 heterocycles. The molecule has 2 aliphatic rings. The molecular formula is C33H30F3N3O6S. The lowest BCUT2D eigenvalue weighted by Crippen LogP contribution is -2.58. The largest absolute Gasteiger partial charge is 0.480 e. The Morgan fingerprint density at radius 3 is 2.30 bits per heavy atom. The molecule has 0 saturated heterocycles. The van der Waals surface area contributed by atoms with Crippen molar-refractivity contribution in [1.82, 2.24) is 8.87 Å². The number of carboxylic acids is 1. The standard InChI is InChI=1S/C33H30F3N3O6S/c1-18-28(32(42)43)38-30(41)27(29(37)40)25(17-20-10-6-9-19-8-2-5-15-24(19)20)26(21-11-7-12-22(16-21)33(34,35)36)31(38)46(44,45)39(18)23-13-3-4-14-23/h2,5-12,15-16,18,23,28H,3-4,13-14,17H2,1H3,(H2,37,40)(H,42,43). The molecule has 1 fully saturated rings. The van der Waals surface area contributed by atoms with Gasteiger partial charge in [-0.25, -0.2) is 13.2 Å². The van der Waals surface area contributed by atoms with Gasteiger partial charge in [0, 0.05) is 11.6 Å². The quantitative estimate of drug-likeness (QED) is 0.288. The number of nitrogens with zero attached hydrogens (tertiary/aromatic N) is 2. The zero-order valence-electron chi connectivity index (χ0n) is 24.6. The molecule has 1 amide bonds. The van der Waals surface area contributed by atoms with Crippen LogP contribution in [0.15, 0.2) is 76.6 Å². The van der Waals surface area contributed by atoms with Crippen LogP contribution in [0, 0.1) is 0 Å². The van der Waals surface area contributed by atoms with Gasteiger partial charge in [0.1, 0.15) is 5.56 Å². The summed E-state index contributed by atoms with van der Waals surface area (Å²) in [4.78, 5) is 40.2. The van der Waals surface area contributed by atoms with Crippen molar-refractivity contribution < 1.29 is 36.3 Å². The van der Waals surface area contributed by atoms with Gasteiger partial charge in [-0.2, -0.15) is 17.5 Å². The molecule has 3 N–H and O–H groups in total. The predicted octanol–water partition coefficient (Wildman–Crippen LogP) is 5.34. The summed E-state index contributed by atoms with van der Waals surface area (Å²) in [6, 6.07) is 12.7. The van der Waals surface area contributed by atoms with Crippen LogP contribution in [0.5, 0.6) is 0 Å². The zero-order chi connectivity index (χ0) is 33.1. The van der Waals surface area contributed by atoms with Crippen LogP contribution in [-0.4, -0.2) is 46.4 Å². The number of fused-ring (bicyclic) bond motifs is 2. The Hall–Kier alpha value is -4.49. The summed E-state index contributed by atoms with van der Waals surface area (Å²) in [6.45, 7) is 1.38. The second kappa shape index (κ2) is 11.4. The van der Waals surface area contributed by atoms with Crippen molar-refractivity contribution >= 4 is 32.7 Å². The fourth-order valence-corrected chi connectivity index (χ4v) is 9.42. The molecule has 2 unspecified atom stereocenters. The number of aliphatic carboxylic acids is 1. The zero-order valence-corrected chi connectivity index (χ0v) is 25.4. The van der Waals surface area contributed by atoms with Gasteiger partial charge in [0.05, 0.1) is 11.6 Å². The molecule has 3 aromatic carbocycles. The number of rotatable bonds is 6. The first-order valence-electron chi connectivity index (χ1n) is 14.7. The summed E-state index contributed by atoms with van der Waals surface area (Å²) in [5.74, 6) is -2.81. The van der Waals surface area contributed by atoms with E-state index < -0.39 is 67.9 Å². The molecule has 0 bridgehead atoms. The molecule has 2 atom stereocenters. The SMILES string of the molecule is CC1C(C(=O)O)n2c(c(-c3cccc(C(F)(F)F)c3)c(Cc3cccc4ccccc34)c(C(N)=O)c2=O)S(=O)(=O)N1C1CCCC1. The number of amides is 1. The Labute approximate surface area is 262 Å². The van der Waals surface area contributed by atoms with E-state index in [1.165, 1.54) is 13.0 Å². The lowest BCUT2D eigenvalue weighted by Gasteiger charge is -2.43. The van der Waals surface area contributed by atoms with Crippen molar-refractivity contribution in [2.24, 2.45) is 5.73 Å². The van der Waals surface area contributed by atoms with Crippen LogP contribution in [0.1, 0.15) is 65.7 Å². The first-order chi connectivity index (χ1) is 21.7. The minimum Gasteiger partial charge on any atom is -0.480 e. The number of sulfonamides is 1. The Balaban J connectivity index is 1.79. The van der Waals surface area contributed by atoms with E-state index in [1.807, 2.05) is 12.1 Å². The van der Waals surface area contributed by atoms with E-state index in [1.54, 1.807) is 30.3 Å². The van der Waals surface area contributed by atoms with E-state index in [4.69, 9.17) is 5.73 Å². The first kappa shape index (κ1) is 31.5. The molecule has 6 rings (SSSR count). The summed E-state index contributed by atoms with van der Waals surface area (Å²) in [6.07, 6.45) is -2.80. The number of alkyl halides is 3. The number of nitrogens with two attached hydrogens (primary N) is 1. The van der Waals surface area contributed by atoms with Crippen molar-refractivity contribution in [3.05, 3.63) is 99.3 Å². The van der Waals surface area contributed by atoms with Crippen molar-refractivity contribution in [3.8, 4) is 11.1 Å². The summed E-state index contributed by atoms with van der Waals surface area (Å²) >= 11 is 0. The topological polar surface area (TPSA) is 140 Å². The molecular weight excluding hydrogens is 623 g/mol. The molecule has 1 aliphatic carbocycles. The first-order valence-corrected chi connectivity index (χ1v) is 16.2. The van der Waals surface area contributed by atoms with Crippen molar-refractivity contribution in [2.45, 2.75) is 68.4 Å². The highest BCUT2D eigenvalue weighted by molar-refractivity contribution is 7.89. The van der Waals surface area contributed by atoms with Crippen molar-refractivity contribution in [1.29, 1.82) is 0 Å². The number of pyridine rings is 1. The highest BCUT2D eigenvalue weighted by Crippen LogP contribution is 2.45. The van der Waals surface area contributed by atoms with Gasteiger partial charge in [-0.1, -0.05) is 67.4 Å². The molecule has 4 aromatic rings. The molecule has 46 heavy (non-hydrogen) atoms. The number of hydrogen-bond donors (Lipinski definition) is 2. The van der Waals surface area contributed by atoms with E-state index in [0.29, 0.717) is 41.2 Å². The lowest BCUT2D eigenvalue weighted by molar-refractivity contribution is -0.143. The molecule has 13 heteroatoms. The number of primary amides is 1. The number of benzene rings is 3. The number of carboxylic acid groups (broad SMARTS) is 1. The lowest BCUT2D eigenvalue weighted by atomic mass is 9.89. The summed E-state index contributed by atoms with van der Waals surface area (Å²) in [7, 11) is -4.73. The average molecular weight is 654 g/mol. The molecule has 1 aromatic heterocycles. The van der Waals surface area contributed by atoms with Crippen LogP contribution in [0.3, 0.4) is 0 Å². The second-order valence-corrected chi connectivity index (χ2v) is 13.5. The number of halogens is 3. The maximum absolute atomic E-state index is 14.7. The van der Waals surface area contributed by atoms with Crippen molar-refractivity contribution in [3.63, 3.8) is 0 Å². The van der Waals surface area contributed by atoms with Gasteiger partial charge in [0.2, 0.25) is 0 Å².